The molecule has 2 heterocycles. The highest BCUT2D eigenvalue weighted by Gasteiger charge is 2.39. The van der Waals surface area contributed by atoms with Crippen molar-refractivity contribution in [1.29, 1.82) is 0 Å². The van der Waals surface area contributed by atoms with E-state index in [4.69, 9.17) is 14.6 Å². The molecule has 222 valence electrons. The SMILES string of the molecule is C[C@H]([C@@H](C)CC=C(F)CN1CC[C@H]1COC(=O)c1ccc2c(c1)NCC1(CCCc3ccccc31)CO2)S(N)(=O)=O. The number of hydrogen-bond acceptors (Lipinski definition) is 7. The second-order valence-corrected chi connectivity index (χ2v) is 13.7. The second-order valence-electron chi connectivity index (χ2n) is 11.8. The normalized spacial score (nSPS) is 24.1. The summed E-state index contributed by atoms with van der Waals surface area (Å²) in [5.41, 5.74) is 3.84. The van der Waals surface area contributed by atoms with E-state index in [0.29, 0.717) is 18.7 Å². The Morgan fingerprint density at radius 2 is 2.10 bits per heavy atom. The fourth-order valence-corrected chi connectivity index (χ4v) is 6.79. The van der Waals surface area contributed by atoms with Crippen molar-refractivity contribution in [2.45, 2.75) is 62.7 Å². The van der Waals surface area contributed by atoms with Gasteiger partial charge in [0, 0.05) is 24.5 Å². The van der Waals surface area contributed by atoms with E-state index in [9.17, 15) is 17.6 Å². The third-order valence-electron chi connectivity index (χ3n) is 9.08. The molecule has 1 unspecified atom stereocenters. The van der Waals surface area contributed by atoms with Crippen molar-refractivity contribution in [3.05, 3.63) is 71.1 Å². The molecule has 1 aliphatic carbocycles. The maximum Gasteiger partial charge on any atom is 0.338 e. The van der Waals surface area contributed by atoms with Crippen molar-refractivity contribution in [3.8, 4) is 5.75 Å². The summed E-state index contributed by atoms with van der Waals surface area (Å²) in [6.07, 6.45) is 5.76. The number of allylic oxidation sites excluding steroid dienone is 1. The van der Waals surface area contributed by atoms with E-state index in [0.717, 1.165) is 43.7 Å². The van der Waals surface area contributed by atoms with Crippen LogP contribution in [-0.4, -0.2) is 63.4 Å². The molecule has 2 aliphatic heterocycles. The number of rotatable bonds is 9. The number of carbonyl (C=O) groups excluding carboxylic acids is 1. The highest BCUT2D eigenvalue weighted by Crippen LogP contribution is 2.41. The van der Waals surface area contributed by atoms with Gasteiger partial charge in [0.05, 0.1) is 29.7 Å². The summed E-state index contributed by atoms with van der Waals surface area (Å²) in [5, 5.41) is 8.00. The number of ether oxygens (including phenoxy) is 2. The van der Waals surface area contributed by atoms with Gasteiger partial charge in [-0.3, -0.25) is 4.90 Å². The van der Waals surface area contributed by atoms with Crippen molar-refractivity contribution in [2.75, 3.05) is 38.2 Å². The number of fused-ring (bicyclic) bond motifs is 3. The van der Waals surface area contributed by atoms with Gasteiger partial charge in [-0.2, -0.15) is 0 Å². The molecule has 8 nitrogen and oxygen atoms in total. The molecule has 1 fully saturated rings. The number of esters is 1. The van der Waals surface area contributed by atoms with Crippen LogP contribution in [0.1, 0.15) is 61.0 Å². The average molecular weight is 586 g/mol. The van der Waals surface area contributed by atoms with Gasteiger partial charge in [-0.25, -0.2) is 22.7 Å². The first-order valence-corrected chi connectivity index (χ1v) is 16.0. The Morgan fingerprint density at radius 3 is 2.85 bits per heavy atom. The summed E-state index contributed by atoms with van der Waals surface area (Å²) in [4.78, 5) is 14.8. The molecule has 1 saturated heterocycles. The number of nitrogens with one attached hydrogen (secondary N) is 1. The lowest BCUT2D eigenvalue weighted by molar-refractivity contribution is 0.0107. The highest BCUT2D eigenvalue weighted by atomic mass is 32.2. The summed E-state index contributed by atoms with van der Waals surface area (Å²) >= 11 is 0. The number of aryl methyl sites for hydroxylation is 1. The van der Waals surface area contributed by atoms with Crippen LogP contribution in [-0.2, 0) is 26.6 Å². The van der Waals surface area contributed by atoms with Crippen LogP contribution in [0.3, 0.4) is 0 Å². The lowest BCUT2D eigenvalue weighted by Crippen LogP contribution is -2.51. The molecule has 1 spiro atoms. The largest absolute Gasteiger partial charge is 0.490 e. The Kier molecular flexibility index (Phi) is 8.73. The number of benzene rings is 2. The van der Waals surface area contributed by atoms with Crippen LogP contribution < -0.4 is 15.2 Å². The fourth-order valence-electron chi connectivity index (χ4n) is 6.03. The molecule has 0 saturated carbocycles. The summed E-state index contributed by atoms with van der Waals surface area (Å²) in [7, 11) is -3.66. The molecule has 3 aliphatic rings. The Balaban J connectivity index is 1.14. The maximum absolute atomic E-state index is 14.6. The Hall–Kier alpha value is -2.95. The lowest BCUT2D eigenvalue weighted by atomic mass is 9.70. The first kappa shape index (κ1) is 29.5. The molecule has 3 N–H and O–H groups in total. The smallest absolute Gasteiger partial charge is 0.338 e. The summed E-state index contributed by atoms with van der Waals surface area (Å²) in [6, 6.07) is 13.9. The van der Waals surface area contributed by atoms with Crippen LogP contribution in [0.2, 0.25) is 0 Å². The first-order chi connectivity index (χ1) is 19.6. The highest BCUT2D eigenvalue weighted by molar-refractivity contribution is 7.89. The number of nitrogens with two attached hydrogens (primary N) is 1. The van der Waals surface area contributed by atoms with Crippen molar-refractivity contribution < 1.29 is 27.1 Å². The number of likely N-dealkylation sites (tertiary alicyclic amines) is 1. The van der Waals surface area contributed by atoms with E-state index < -0.39 is 21.2 Å². The molecule has 10 heteroatoms. The van der Waals surface area contributed by atoms with E-state index in [2.05, 4.69) is 29.6 Å². The third kappa shape index (κ3) is 6.60. The van der Waals surface area contributed by atoms with Gasteiger partial charge in [0.2, 0.25) is 10.0 Å². The Morgan fingerprint density at radius 1 is 1.29 bits per heavy atom. The van der Waals surface area contributed by atoms with Gasteiger partial charge in [-0.05, 0) is 74.3 Å². The summed E-state index contributed by atoms with van der Waals surface area (Å²) < 4.78 is 49.5. The monoisotopic (exact) mass is 585 g/mol. The molecule has 5 rings (SSSR count). The zero-order valence-electron chi connectivity index (χ0n) is 23.8. The van der Waals surface area contributed by atoms with Crippen LogP contribution in [0, 0.1) is 5.92 Å². The van der Waals surface area contributed by atoms with E-state index in [1.807, 2.05) is 11.0 Å². The minimum atomic E-state index is -3.66. The maximum atomic E-state index is 14.6. The summed E-state index contributed by atoms with van der Waals surface area (Å²) in [5.74, 6) is -0.328. The second kappa shape index (κ2) is 12.1. The predicted octanol–water partition coefficient (Wildman–Crippen LogP) is 4.55. The van der Waals surface area contributed by atoms with Gasteiger partial charge >= 0.3 is 5.97 Å². The number of carbonyl (C=O) groups is 1. The van der Waals surface area contributed by atoms with Crippen molar-refractivity contribution in [1.82, 2.24) is 4.90 Å². The lowest BCUT2D eigenvalue weighted by Gasteiger charge is -2.40. The van der Waals surface area contributed by atoms with Gasteiger partial charge < -0.3 is 14.8 Å². The zero-order chi connectivity index (χ0) is 29.2. The molecular weight excluding hydrogens is 545 g/mol. The van der Waals surface area contributed by atoms with Gasteiger partial charge in [0.15, 0.2) is 0 Å². The van der Waals surface area contributed by atoms with Crippen molar-refractivity contribution in [3.63, 3.8) is 0 Å². The fraction of sp³-hybridized carbons (Fsp3) is 0.516. The van der Waals surface area contributed by atoms with Gasteiger partial charge in [0.25, 0.3) is 0 Å². The van der Waals surface area contributed by atoms with Crippen molar-refractivity contribution >= 4 is 21.7 Å². The molecular formula is C31H40FN3O5S. The number of hydrogen-bond donors (Lipinski definition) is 2. The number of primary sulfonamides is 1. The van der Waals surface area contributed by atoms with Gasteiger partial charge in [-0.1, -0.05) is 37.3 Å². The summed E-state index contributed by atoms with van der Waals surface area (Å²) in [6.45, 7) is 5.56. The van der Waals surface area contributed by atoms with E-state index in [-0.39, 0.29) is 42.8 Å². The van der Waals surface area contributed by atoms with Crippen LogP contribution in [0.4, 0.5) is 10.1 Å². The quantitative estimate of drug-likeness (QED) is 0.416. The van der Waals surface area contributed by atoms with E-state index in [1.54, 1.807) is 19.1 Å². The Labute approximate surface area is 242 Å². The average Bonchev–Trinajstić information content (AvgIpc) is 3.13. The van der Waals surface area contributed by atoms with Gasteiger partial charge in [-0.15, -0.1) is 0 Å². The van der Waals surface area contributed by atoms with Crippen LogP contribution in [0.5, 0.6) is 5.75 Å². The molecule has 0 amide bonds. The molecule has 4 atom stereocenters. The van der Waals surface area contributed by atoms with Crippen LogP contribution >= 0.6 is 0 Å². The molecule has 0 radical (unpaired) electrons. The molecule has 41 heavy (non-hydrogen) atoms. The molecule has 2 aromatic carbocycles. The van der Waals surface area contributed by atoms with E-state index in [1.165, 1.54) is 24.1 Å². The molecule has 2 aromatic rings. The molecule has 0 aromatic heterocycles. The molecule has 0 bridgehead atoms. The number of anilines is 1. The van der Waals surface area contributed by atoms with Crippen LogP contribution in [0.25, 0.3) is 0 Å². The first-order valence-electron chi connectivity index (χ1n) is 14.4. The van der Waals surface area contributed by atoms with Crippen LogP contribution in [0.15, 0.2) is 54.4 Å². The third-order valence-corrected chi connectivity index (χ3v) is 10.6. The van der Waals surface area contributed by atoms with Gasteiger partial charge in [0.1, 0.15) is 18.2 Å². The number of nitrogens with zero attached hydrogens (tertiary/aromatic N) is 1. The van der Waals surface area contributed by atoms with Crippen molar-refractivity contribution in [2.24, 2.45) is 11.1 Å². The number of sulfonamides is 1. The minimum absolute atomic E-state index is 0.0626. The van der Waals surface area contributed by atoms with E-state index >= 15 is 0 Å². The predicted molar refractivity (Wildman–Crippen MR) is 157 cm³/mol. The minimum Gasteiger partial charge on any atom is -0.490 e. The number of halogens is 1. The Bertz CT molecular complexity index is 1410. The standard InChI is InChI=1S/C31H40FN3O5S/c1-21(22(2)41(33,37)38)9-11-25(32)17-35-15-13-26(35)18-39-30(36)24-10-12-29-28(16-24)34-19-31(20-40-29)14-5-7-23-6-3-4-8-27(23)31/h3-4,6,8,10-12,16,21-22,26,34H,5,7,9,13-15,17-20H2,1-2H3,(H2,33,37,38)/t21-,22+,26-,31?/m0/s1. The topological polar surface area (TPSA) is 111 Å². The zero-order valence-corrected chi connectivity index (χ0v) is 24.6.